The summed E-state index contributed by atoms with van der Waals surface area (Å²) in [4.78, 5) is 30.6. The minimum atomic E-state index is -0.256. The van der Waals surface area contributed by atoms with Gasteiger partial charge in [0.1, 0.15) is 5.82 Å². The van der Waals surface area contributed by atoms with Crippen LogP contribution in [0.25, 0.3) is 10.1 Å². The zero-order valence-corrected chi connectivity index (χ0v) is 16.1. The number of nitrogens with zero attached hydrogens (tertiary/aromatic N) is 3. The average Bonchev–Trinajstić information content (AvgIpc) is 3.02. The molecule has 3 aromatic rings. The second-order valence-corrected chi connectivity index (χ2v) is 8.02. The molecular formula is C20H20FN3O2S. The largest absolute Gasteiger partial charge is 0.368 e. The van der Waals surface area contributed by atoms with Crippen LogP contribution in [-0.4, -0.2) is 41.6 Å². The lowest BCUT2D eigenvalue weighted by molar-refractivity contribution is 0.0748. The van der Waals surface area contributed by atoms with Crippen LogP contribution in [0.4, 0.5) is 10.1 Å². The Hall–Kier alpha value is -2.67. The van der Waals surface area contributed by atoms with Crippen LogP contribution >= 0.6 is 11.3 Å². The Morgan fingerprint density at radius 3 is 2.41 bits per heavy atom. The third-order valence-corrected chi connectivity index (χ3v) is 6.14. The van der Waals surface area contributed by atoms with Gasteiger partial charge in [-0.15, -0.1) is 11.3 Å². The van der Waals surface area contributed by atoms with E-state index in [4.69, 9.17) is 0 Å². The van der Waals surface area contributed by atoms with E-state index >= 15 is 0 Å². The minimum absolute atomic E-state index is 0.0826. The van der Waals surface area contributed by atoms with E-state index in [0.717, 1.165) is 15.3 Å². The number of hydrogen-bond acceptors (Lipinski definition) is 4. The first-order valence-electron chi connectivity index (χ1n) is 8.84. The molecule has 7 heteroatoms. The summed E-state index contributed by atoms with van der Waals surface area (Å²) >= 11 is 1.49. The molecule has 1 aliphatic heterocycles. The van der Waals surface area contributed by atoms with Gasteiger partial charge in [0, 0.05) is 54.7 Å². The van der Waals surface area contributed by atoms with Crippen LogP contribution in [-0.2, 0) is 7.05 Å². The summed E-state index contributed by atoms with van der Waals surface area (Å²) in [5.74, 6) is -0.338. The molecule has 3 heterocycles. The van der Waals surface area contributed by atoms with Gasteiger partial charge in [0.05, 0.1) is 10.9 Å². The number of carbonyl (C=O) groups excluding carboxylic acids is 1. The number of rotatable bonds is 2. The Balaban J connectivity index is 1.57. The predicted molar refractivity (Wildman–Crippen MR) is 106 cm³/mol. The topological polar surface area (TPSA) is 45.6 Å². The van der Waals surface area contributed by atoms with Crippen molar-refractivity contribution in [3.8, 4) is 0 Å². The number of thiophene rings is 1. The lowest BCUT2D eigenvalue weighted by atomic mass is 10.1. The van der Waals surface area contributed by atoms with Crippen LogP contribution in [0.3, 0.4) is 0 Å². The van der Waals surface area contributed by atoms with E-state index in [0.29, 0.717) is 37.1 Å². The standard InChI is InChI=1S/C20H20FN3O2S/c1-13-17(18-16(27-13)7-8-22(2)19(18)25)20(26)24-11-9-23(10-12-24)15-5-3-14(21)4-6-15/h3-8H,9-12H2,1-2H3. The Labute approximate surface area is 160 Å². The molecule has 0 radical (unpaired) electrons. The van der Waals surface area contributed by atoms with Crippen LogP contribution in [0.1, 0.15) is 15.2 Å². The van der Waals surface area contributed by atoms with Crippen molar-refractivity contribution in [1.29, 1.82) is 0 Å². The molecule has 5 nitrogen and oxygen atoms in total. The molecule has 1 fully saturated rings. The Kier molecular flexibility index (Phi) is 4.47. The number of hydrogen-bond donors (Lipinski definition) is 0. The van der Waals surface area contributed by atoms with Gasteiger partial charge in [-0.2, -0.15) is 0 Å². The highest BCUT2D eigenvalue weighted by molar-refractivity contribution is 7.19. The molecule has 0 unspecified atom stereocenters. The van der Waals surface area contributed by atoms with Crippen LogP contribution in [0.2, 0.25) is 0 Å². The molecule has 4 rings (SSSR count). The number of anilines is 1. The second kappa shape index (κ2) is 6.81. The minimum Gasteiger partial charge on any atom is -0.368 e. The zero-order chi connectivity index (χ0) is 19.1. The molecular weight excluding hydrogens is 365 g/mol. The van der Waals surface area contributed by atoms with Gasteiger partial charge in [0.2, 0.25) is 0 Å². The highest BCUT2D eigenvalue weighted by atomic mass is 32.1. The van der Waals surface area contributed by atoms with E-state index in [2.05, 4.69) is 4.90 Å². The van der Waals surface area contributed by atoms with Gasteiger partial charge in [-0.3, -0.25) is 9.59 Å². The maximum Gasteiger partial charge on any atom is 0.259 e. The fourth-order valence-corrected chi connectivity index (χ4v) is 4.60. The number of halogens is 1. The van der Waals surface area contributed by atoms with Crippen molar-refractivity contribution < 1.29 is 9.18 Å². The molecule has 1 aliphatic rings. The maximum absolute atomic E-state index is 13.2. The molecule has 0 N–H and O–H groups in total. The van der Waals surface area contributed by atoms with Gasteiger partial charge in [0.15, 0.2) is 0 Å². The second-order valence-electron chi connectivity index (χ2n) is 6.76. The van der Waals surface area contributed by atoms with Crippen molar-refractivity contribution in [2.75, 3.05) is 31.1 Å². The van der Waals surface area contributed by atoms with Crippen LogP contribution in [0, 0.1) is 12.7 Å². The van der Waals surface area contributed by atoms with Crippen LogP contribution < -0.4 is 10.5 Å². The molecule has 140 valence electrons. The highest BCUT2D eigenvalue weighted by Gasteiger charge is 2.27. The van der Waals surface area contributed by atoms with Crippen LogP contribution in [0.15, 0.2) is 41.3 Å². The molecule has 0 spiro atoms. The highest BCUT2D eigenvalue weighted by Crippen LogP contribution is 2.29. The van der Waals surface area contributed by atoms with Crippen molar-refractivity contribution in [2.24, 2.45) is 7.05 Å². The van der Waals surface area contributed by atoms with Crippen molar-refractivity contribution >= 4 is 33.0 Å². The van der Waals surface area contributed by atoms with Gasteiger partial charge in [-0.25, -0.2) is 4.39 Å². The monoisotopic (exact) mass is 385 g/mol. The number of aryl methyl sites for hydroxylation is 2. The SMILES string of the molecule is Cc1sc2ccn(C)c(=O)c2c1C(=O)N1CCN(c2ccc(F)cc2)CC1. The summed E-state index contributed by atoms with van der Waals surface area (Å²) in [5, 5.41) is 0.522. The lowest BCUT2D eigenvalue weighted by Gasteiger charge is -2.36. The summed E-state index contributed by atoms with van der Waals surface area (Å²) in [6, 6.07) is 8.30. The quantitative estimate of drug-likeness (QED) is 0.681. The van der Waals surface area contributed by atoms with Crippen LogP contribution in [0.5, 0.6) is 0 Å². The number of amides is 1. The summed E-state index contributed by atoms with van der Waals surface area (Å²) < 4.78 is 15.5. The molecule has 0 atom stereocenters. The molecule has 0 aliphatic carbocycles. The Morgan fingerprint density at radius 2 is 1.74 bits per heavy atom. The molecule has 27 heavy (non-hydrogen) atoms. The summed E-state index contributed by atoms with van der Waals surface area (Å²) in [5.41, 5.74) is 1.35. The van der Waals surface area contributed by atoms with E-state index in [-0.39, 0.29) is 17.3 Å². The van der Waals surface area contributed by atoms with E-state index < -0.39 is 0 Å². The predicted octanol–water partition coefficient (Wildman–Crippen LogP) is 3.01. The third kappa shape index (κ3) is 3.12. The first-order chi connectivity index (χ1) is 13.0. The molecule has 1 amide bonds. The summed E-state index contributed by atoms with van der Waals surface area (Å²) in [6.45, 7) is 4.39. The maximum atomic E-state index is 13.2. The fraction of sp³-hybridized carbons (Fsp3) is 0.300. The van der Waals surface area contributed by atoms with Crippen molar-refractivity contribution in [3.63, 3.8) is 0 Å². The fourth-order valence-electron chi connectivity index (χ4n) is 3.55. The summed E-state index contributed by atoms with van der Waals surface area (Å²) in [6.07, 6.45) is 1.73. The molecule has 0 bridgehead atoms. The smallest absolute Gasteiger partial charge is 0.259 e. The zero-order valence-electron chi connectivity index (χ0n) is 15.2. The van der Waals surface area contributed by atoms with Crippen molar-refractivity contribution in [3.05, 3.63) is 63.1 Å². The van der Waals surface area contributed by atoms with Gasteiger partial charge in [0.25, 0.3) is 11.5 Å². The van der Waals surface area contributed by atoms with E-state index in [9.17, 15) is 14.0 Å². The number of fused-ring (bicyclic) bond motifs is 1. The molecule has 0 saturated carbocycles. The number of piperazine rings is 1. The van der Waals surface area contributed by atoms with Gasteiger partial charge in [-0.1, -0.05) is 0 Å². The number of benzene rings is 1. The number of carbonyl (C=O) groups is 1. The Bertz CT molecular complexity index is 1060. The van der Waals surface area contributed by atoms with E-state index in [1.807, 2.05) is 13.0 Å². The van der Waals surface area contributed by atoms with E-state index in [1.165, 1.54) is 28.0 Å². The van der Waals surface area contributed by atoms with Crippen molar-refractivity contribution in [1.82, 2.24) is 9.47 Å². The number of aromatic nitrogens is 1. The molecule has 2 aromatic heterocycles. The van der Waals surface area contributed by atoms with Gasteiger partial charge >= 0.3 is 0 Å². The van der Waals surface area contributed by atoms with E-state index in [1.54, 1.807) is 30.3 Å². The normalized spacial score (nSPS) is 14.8. The van der Waals surface area contributed by atoms with Crippen molar-refractivity contribution in [2.45, 2.75) is 6.92 Å². The first-order valence-corrected chi connectivity index (χ1v) is 9.66. The Morgan fingerprint density at radius 1 is 1.07 bits per heavy atom. The molecule has 1 aromatic carbocycles. The van der Waals surface area contributed by atoms with Gasteiger partial charge < -0.3 is 14.4 Å². The first kappa shape index (κ1) is 17.7. The average molecular weight is 385 g/mol. The summed E-state index contributed by atoms with van der Waals surface area (Å²) in [7, 11) is 1.70. The van der Waals surface area contributed by atoms with Gasteiger partial charge in [-0.05, 0) is 37.3 Å². The molecule has 1 saturated heterocycles. The number of pyridine rings is 1. The lowest BCUT2D eigenvalue weighted by Crippen LogP contribution is -2.49. The third-order valence-electron chi connectivity index (χ3n) is 5.07.